The van der Waals surface area contributed by atoms with Gasteiger partial charge in [0.1, 0.15) is 11.5 Å². The normalized spacial score (nSPS) is 11.1. The number of carbonyl (C=O) groups is 1. The Morgan fingerprint density at radius 3 is 2.68 bits per heavy atom. The van der Waals surface area contributed by atoms with E-state index in [0.29, 0.717) is 5.57 Å². The minimum Gasteiger partial charge on any atom is -0.351 e. The molecule has 19 heavy (non-hydrogen) atoms. The van der Waals surface area contributed by atoms with E-state index in [1.807, 2.05) is 0 Å². The molecule has 1 amide bonds. The van der Waals surface area contributed by atoms with E-state index in [0.717, 1.165) is 12.3 Å². The number of hydrogen-bond acceptors (Lipinski definition) is 4. The van der Waals surface area contributed by atoms with Crippen LogP contribution < -0.4 is 5.32 Å². The Morgan fingerprint density at radius 1 is 1.58 bits per heavy atom. The van der Waals surface area contributed by atoms with Crippen molar-refractivity contribution >= 4 is 21.6 Å². The standard InChI is InChI=1S/C11H13FN2O4S/c1-7(2)10-9(12)5-8(6-14-10)11(15)13-3-4-19(16,17)18/h5-6H,1,3-4H2,2H3,(H,13,15)(H,16,17,18). The van der Waals surface area contributed by atoms with E-state index < -0.39 is 27.6 Å². The number of nitrogens with zero attached hydrogens (tertiary/aromatic N) is 1. The van der Waals surface area contributed by atoms with Crippen molar-refractivity contribution in [3.8, 4) is 0 Å². The summed E-state index contributed by atoms with van der Waals surface area (Å²) in [5.74, 6) is -1.98. The smallest absolute Gasteiger partial charge is 0.266 e. The van der Waals surface area contributed by atoms with Crippen molar-refractivity contribution in [2.45, 2.75) is 6.92 Å². The van der Waals surface area contributed by atoms with Crippen LogP contribution in [0.5, 0.6) is 0 Å². The van der Waals surface area contributed by atoms with Crippen LogP contribution in [0.1, 0.15) is 23.0 Å². The van der Waals surface area contributed by atoms with E-state index in [-0.39, 0.29) is 17.8 Å². The lowest BCUT2D eigenvalue weighted by Crippen LogP contribution is -2.29. The number of hydrogen-bond donors (Lipinski definition) is 2. The third-order valence-corrected chi connectivity index (χ3v) is 2.87. The first-order valence-electron chi connectivity index (χ1n) is 5.25. The fourth-order valence-corrected chi connectivity index (χ4v) is 1.63. The Labute approximate surface area is 110 Å². The van der Waals surface area contributed by atoms with Crippen LogP contribution >= 0.6 is 0 Å². The summed E-state index contributed by atoms with van der Waals surface area (Å²) in [6.45, 7) is 4.84. The van der Waals surface area contributed by atoms with Crippen LogP contribution in [0.15, 0.2) is 18.8 Å². The summed E-state index contributed by atoms with van der Waals surface area (Å²) in [5.41, 5.74) is 0.447. The van der Waals surface area contributed by atoms with Gasteiger partial charge in [0.25, 0.3) is 16.0 Å². The van der Waals surface area contributed by atoms with Crippen molar-refractivity contribution < 1.29 is 22.2 Å². The van der Waals surface area contributed by atoms with Gasteiger partial charge >= 0.3 is 0 Å². The molecular weight excluding hydrogens is 275 g/mol. The number of rotatable bonds is 5. The largest absolute Gasteiger partial charge is 0.351 e. The topological polar surface area (TPSA) is 96.4 Å². The molecule has 0 atom stereocenters. The number of pyridine rings is 1. The van der Waals surface area contributed by atoms with Gasteiger partial charge in [0.2, 0.25) is 0 Å². The monoisotopic (exact) mass is 288 g/mol. The van der Waals surface area contributed by atoms with Gasteiger partial charge in [-0.25, -0.2) is 4.39 Å². The number of nitrogens with one attached hydrogen (secondary N) is 1. The number of carbonyl (C=O) groups excluding carboxylic acids is 1. The van der Waals surface area contributed by atoms with Gasteiger partial charge in [-0.1, -0.05) is 6.58 Å². The molecule has 6 nitrogen and oxygen atoms in total. The molecule has 0 aromatic carbocycles. The summed E-state index contributed by atoms with van der Waals surface area (Å²) in [7, 11) is -4.14. The van der Waals surface area contributed by atoms with Crippen molar-refractivity contribution in [1.82, 2.24) is 10.3 Å². The van der Waals surface area contributed by atoms with Gasteiger partial charge in [-0.3, -0.25) is 14.3 Å². The molecule has 0 spiro atoms. The molecule has 0 radical (unpaired) electrons. The quantitative estimate of drug-likeness (QED) is 0.784. The Morgan fingerprint density at radius 2 is 2.21 bits per heavy atom. The number of aromatic nitrogens is 1. The second kappa shape index (κ2) is 5.89. The average Bonchev–Trinajstić information content (AvgIpc) is 2.26. The molecule has 0 saturated carbocycles. The van der Waals surface area contributed by atoms with E-state index in [2.05, 4.69) is 16.9 Å². The zero-order chi connectivity index (χ0) is 14.6. The molecule has 0 aliphatic rings. The maximum absolute atomic E-state index is 13.5. The summed E-state index contributed by atoms with van der Waals surface area (Å²) in [6, 6.07) is 0.986. The zero-order valence-electron chi connectivity index (χ0n) is 10.2. The van der Waals surface area contributed by atoms with Gasteiger partial charge in [-0.15, -0.1) is 0 Å². The number of allylic oxidation sites excluding steroid dienone is 1. The minimum atomic E-state index is -4.14. The highest BCUT2D eigenvalue weighted by atomic mass is 32.2. The second-order valence-corrected chi connectivity index (χ2v) is 5.45. The maximum atomic E-state index is 13.5. The lowest BCUT2D eigenvalue weighted by Gasteiger charge is -2.06. The van der Waals surface area contributed by atoms with Crippen LogP contribution in [0, 0.1) is 5.82 Å². The molecule has 0 unspecified atom stereocenters. The van der Waals surface area contributed by atoms with Gasteiger partial charge in [-0.05, 0) is 18.6 Å². The second-order valence-electron chi connectivity index (χ2n) is 3.88. The predicted octanol–water partition coefficient (Wildman–Crippen LogP) is 0.871. The molecule has 0 bridgehead atoms. The fraction of sp³-hybridized carbons (Fsp3) is 0.273. The molecule has 0 aliphatic heterocycles. The first-order chi connectivity index (χ1) is 8.70. The van der Waals surface area contributed by atoms with Crippen LogP contribution in [0.4, 0.5) is 4.39 Å². The summed E-state index contributed by atoms with van der Waals surface area (Å²) < 4.78 is 42.9. The van der Waals surface area contributed by atoms with E-state index >= 15 is 0 Å². The van der Waals surface area contributed by atoms with Crippen molar-refractivity contribution in [3.05, 3.63) is 35.9 Å². The highest BCUT2D eigenvalue weighted by Gasteiger charge is 2.12. The van der Waals surface area contributed by atoms with Crippen LogP contribution in [-0.4, -0.2) is 36.2 Å². The Kier molecular flexibility index (Phi) is 4.73. The van der Waals surface area contributed by atoms with Crippen LogP contribution in [0.25, 0.3) is 5.57 Å². The van der Waals surface area contributed by atoms with Crippen molar-refractivity contribution in [2.24, 2.45) is 0 Å². The van der Waals surface area contributed by atoms with Gasteiger partial charge < -0.3 is 5.32 Å². The molecule has 0 aliphatic carbocycles. The van der Waals surface area contributed by atoms with Crippen LogP contribution in [0.2, 0.25) is 0 Å². The Balaban J connectivity index is 2.73. The van der Waals surface area contributed by atoms with Crippen molar-refractivity contribution in [1.29, 1.82) is 0 Å². The van der Waals surface area contributed by atoms with Crippen molar-refractivity contribution in [2.75, 3.05) is 12.3 Å². The summed E-state index contributed by atoms with van der Waals surface area (Å²) in [6.07, 6.45) is 1.16. The summed E-state index contributed by atoms with van der Waals surface area (Å²) in [5, 5.41) is 2.22. The lowest BCUT2D eigenvalue weighted by molar-refractivity contribution is 0.0955. The predicted molar refractivity (Wildman–Crippen MR) is 67.7 cm³/mol. The van der Waals surface area contributed by atoms with E-state index in [4.69, 9.17) is 4.55 Å². The summed E-state index contributed by atoms with van der Waals surface area (Å²) in [4.78, 5) is 15.3. The molecule has 2 N–H and O–H groups in total. The molecule has 1 rings (SSSR count). The first kappa shape index (κ1) is 15.3. The highest BCUT2D eigenvalue weighted by Crippen LogP contribution is 2.14. The Bertz CT molecular complexity index is 613. The lowest BCUT2D eigenvalue weighted by atomic mass is 10.1. The minimum absolute atomic E-state index is 0.0437. The Hall–Kier alpha value is -1.80. The van der Waals surface area contributed by atoms with Gasteiger partial charge in [0, 0.05) is 12.7 Å². The van der Waals surface area contributed by atoms with Crippen LogP contribution in [-0.2, 0) is 10.1 Å². The third-order valence-electron chi connectivity index (χ3n) is 2.15. The molecule has 0 fully saturated rings. The molecule has 1 aromatic heterocycles. The maximum Gasteiger partial charge on any atom is 0.266 e. The zero-order valence-corrected chi connectivity index (χ0v) is 11.0. The fourth-order valence-electron chi connectivity index (χ4n) is 1.27. The third kappa shape index (κ3) is 4.76. The average molecular weight is 288 g/mol. The van der Waals surface area contributed by atoms with Gasteiger partial charge in [0.15, 0.2) is 0 Å². The number of halogens is 1. The first-order valence-corrected chi connectivity index (χ1v) is 6.86. The summed E-state index contributed by atoms with van der Waals surface area (Å²) >= 11 is 0. The van der Waals surface area contributed by atoms with Crippen LogP contribution in [0.3, 0.4) is 0 Å². The molecule has 1 aromatic rings. The SMILES string of the molecule is C=C(C)c1ncc(C(=O)NCCS(=O)(=O)O)cc1F. The van der Waals surface area contributed by atoms with E-state index in [9.17, 15) is 17.6 Å². The van der Waals surface area contributed by atoms with E-state index in [1.54, 1.807) is 6.92 Å². The molecule has 0 saturated heterocycles. The van der Waals surface area contributed by atoms with Gasteiger partial charge in [0.05, 0.1) is 11.3 Å². The molecule has 8 heteroatoms. The van der Waals surface area contributed by atoms with Crippen molar-refractivity contribution in [3.63, 3.8) is 0 Å². The number of amides is 1. The highest BCUT2D eigenvalue weighted by molar-refractivity contribution is 7.85. The van der Waals surface area contributed by atoms with E-state index in [1.165, 1.54) is 0 Å². The van der Waals surface area contributed by atoms with Gasteiger partial charge in [-0.2, -0.15) is 8.42 Å². The molecular formula is C11H13FN2O4S. The molecule has 104 valence electrons. The molecule has 1 heterocycles.